The van der Waals surface area contributed by atoms with E-state index < -0.39 is 11.7 Å². The van der Waals surface area contributed by atoms with Gasteiger partial charge in [0, 0.05) is 28.4 Å². The predicted octanol–water partition coefficient (Wildman–Crippen LogP) is 11.3. The van der Waals surface area contributed by atoms with Gasteiger partial charge in [-0.15, -0.1) is 0 Å². The Morgan fingerprint density at radius 1 is 0.826 bits per heavy atom. The fourth-order valence-electron chi connectivity index (χ4n) is 8.09. The molecular weight excluding hydrogens is 577 g/mol. The SMILES string of the molecule is CC1=CC=CC2C1c1ccccc1N2c1cc(-c2ccc(C)cc2C(F)(F)F)cc(-n2c3c(c4c(C)cccc42)CCC=C3)c1C. The van der Waals surface area contributed by atoms with E-state index in [1.165, 1.54) is 33.7 Å². The summed E-state index contributed by atoms with van der Waals surface area (Å²) in [6.07, 6.45) is 8.32. The molecule has 1 aliphatic heterocycles. The van der Waals surface area contributed by atoms with Crippen LogP contribution in [0.2, 0.25) is 0 Å². The monoisotopic (exact) mass is 612 g/mol. The quantitative estimate of drug-likeness (QED) is 0.197. The van der Waals surface area contributed by atoms with Gasteiger partial charge in [-0.3, -0.25) is 0 Å². The summed E-state index contributed by atoms with van der Waals surface area (Å²) in [6, 6.07) is 23.5. The Hall–Kier alpha value is -4.77. The number of nitrogens with zero attached hydrogens (tertiary/aromatic N) is 2. The van der Waals surface area contributed by atoms with Crippen molar-refractivity contribution in [1.82, 2.24) is 4.57 Å². The first kappa shape index (κ1) is 28.7. The number of para-hydroxylation sites is 1. The number of aryl methyl sites for hydroxylation is 3. The zero-order chi connectivity index (χ0) is 31.9. The van der Waals surface area contributed by atoms with Gasteiger partial charge in [0.15, 0.2) is 0 Å². The Morgan fingerprint density at radius 2 is 1.63 bits per heavy atom. The molecular formula is C41H35F3N2. The highest BCUT2D eigenvalue weighted by molar-refractivity contribution is 5.94. The van der Waals surface area contributed by atoms with Crippen LogP contribution in [-0.4, -0.2) is 10.6 Å². The molecule has 2 nitrogen and oxygen atoms in total. The van der Waals surface area contributed by atoms with E-state index in [1.54, 1.807) is 19.1 Å². The first-order valence-electron chi connectivity index (χ1n) is 16.0. The molecule has 0 saturated carbocycles. The van der Waals surface area contributed by atoms with Crippen molar-refractivity contribution in [3.05, 3.63) is 142 Å². The van der Waals surface area contributed by atoms with E-state index in [0.29, 0.717) is 11.1 Å². The van der Waals surface area contributed by atoms with Crippen LogP contribution in [0.3, 0.4) is 0 Å². The van der Waals surface area contributed by atoms with Crippen molar-refractivity contribution in [3.8, 4) is 16.8 Å². The van der Waals surface area contributed by atoms with Crippen molar-refractivity contribution in [3.63, 3.8) is 0 Å². The summed E-state index contributed by atoms with van der Waals surface area (Å²) in [5, 5.41) is 1.24. The van der Waals surface area contributed by atoms with Crippen molar-refractivity contribution in [2.45, 2.75) is 58.7 Å². The number of benzene rings is 4. The number of anilines is 2. The highest BCUT2D eigenvalue weighted by atomic mass is 19.4. The van der Waals surface area contributed by atoms with Crippen LogP contribution >= 0.6 is 0 Å². The number of rotatable bonds is 3. The number of aromatic nitrogens is 1. The Kier molecular flexibility index (Phi) is 6.47. The summed E-state index contributed by atoms with van der Waals surface area (Å²) >= 11 is 0. The lowest BCUT2D eigenvalue weighted by molar-refractivity contribution is -0.137. The van der Waals surface area contributed by atoms with E-state index in [0.717, 1.165) is 46.7 Å². The summed E-state index contributed by atoms with van der Waals surface area (Å²) in [6.45, 7) is 8.16. The van der Waals surface area contributed by atoms with Gasteiger partial charge in [-0.05, 0) is 110 Å². The van der Waals surface area contributed by atoms with Crippen LogP contribution in [0.1, 0.15) is 58.3 Å². The number of hydrogen-bond acceptors (Lipinski definition) is 1. The topological polar surface area (TPSA) is 8.17 Å². The third-order valence-electron chi connectivity index (χ3n) is 10.2. The molecule has 0 N–H and O–H groups in total. The van der Waals surface area contributed by atoms with Gasteiger partial charge in [0.25, 0.3) is 0 Å². The van der Waals surface area contributed by atoms with Crippen LogP contribution in [0.5, 0.6) is 0 Å². The lowest BCUT2D eigenvalue weighted by Crippen LogP contribution is -2.30. The van der Waals surface area contributed by atoms with Gasteiger partial charge in [-0.2, -0.15) is 13.2 Å². The number of fused-ring (bicyclic) bond motifs is 6. The molecule has 230 valence electrons. The Bertz CT molecular complexity index is 2160. The van der Waals surface area contributed by atoms with Crippen molar-refractivity contribution >= 4 is 28.4 Å². The Balaban J connectivity index is 1.47. The molecule has 0 radical (unpaired) electrons. The van der Waals surface area contributed by atoms with Crippen LogP contribution in [-0.2, 0) is 12.6 Å². The van der Waals surface area contributed by atoms with Gasteiger partial charge in [0.2, 0.25) is 0 Å². The number of hydrogen-bond donors (Lipinski definition) is 0. The van der Waals surface area contributed by atoms with Gasteiger partial charge >= 0.3 is 6.18 Å². The molecule has 2 atom stereocenters. The van der Waals surface area contributed by atoms with Gasteiger partial charge < -0.3 is 9.47 Å². The van der Waals surface area contributed by atoms with Gasteiger partial charge in [-0.25, -0.2) is 0 Å². The maximum atomic E-state index is 14.7. The van der Waals surface area contributed by atoms with Gasteiger partial charge in [0.05, 0.1) is 22.8 Å². The minimum absolute atomic E-state index is 0.0155. The molecule has 0 amide bonds. The molecule has 1 aromatic heterocycles. The summed E-state index contributed by atoms with van der Waals surface area (Å²) in [5.74, 6) is 0.170. The third kappa shape index (κ3) is 4.24. The number of halogens is 3. The first-order valence-corrected chi connectivity index (χ1v) is 16.0. The minimum Gasteiger partial charge on any atom is -0.333 e. The van der Waals surface area contributed by atoms with Crippen LogP contribution in [0, 0.1) is 20.8 Å². The van der Waals surface area contributed by atoms with Gasteiger partial charge in [0.1, 0.15) is 0 Å². The summed E-state index contributed by atoms with van der Waals surface area (Å²) in [7, 11) is 0. The van der Waals surface area contributed by atoms with Gasteiger partial charge in [-0.1, -0.05) is 77.9 Å². The molecule has 0 spiro atoms. The highest BCUT2D eigenvalue weighted by Gasteiger charge is 2.41. The zero-order valence-electron chi connectivity index (χ0n) is 26.4. The first-order chi connectivity index (χ1) is 22.1. The molecule has 0 fully saturated rings. The lowest BCUT2D eigenvalue weighted by atomic mass is 9.85. The Labute approximate surface area is 267 Å². The highest BCUT2D eigenvalue weighted by Crippen LogP contribution is 2.52. The Morgan fingerprint density at radius 3 is 2.46 bits per heavy atom. The maximum Gasteiger partial charge on any atom is 0.417 e. The van der Waals surface area contributed by atoms with E-state index in [2.05, 4.69) is 103 Å². The molecule has 0 saturated heterocycles. The average molecular weight is 613 g/mol. The van der Waals surface area contributed by atoms with Crippen molar-refractivity contribution < 1.29 is 13.2 Å². The second kappa shape index (κ2) is 10.4. The second-order valence-corrected chi connectivity index (χ2v) is 13.0. The average Bonchev–Trinajstić information content (AvgIpc) is 3.55. The molecule has 5 aromatic rings. The second-order valence-electron chi connectivity index (χ2n) is 13.0. The summed E-state index contributed by atoms with van der Waals surface area (Å²) in [4.78, 5) is 2.36. The molecule has 0 bridgehead atoms. The van der Waals surface area contributed by atoms with E-state index >= 15 is 0 Å². The van der Waals surface area contributed by atoms with E-state index in [1.807, 2.05) is 12.1 Å². The summed E-state index contributed by atoms with van der Waals surface area (Å²) in [5.41, 5.74) is 11.9. The van der Waals surface area contributed by atoms with Crippen LogP contribution < -0.4 is 4.90 Å². The molecule has 8 rings (SSSR count). The molecule has 2 heterocycles. The summed E-state index contributed by atoms with van der Waals surface area (Å²) < 4.78 is 46.3. The number of alkyl halides is 3. The van der Waals surface area contributed by atoms with E-state index in [4.69, 9.17) is 0 Å². The lowest BCUT2D eigenvalue weighted by Gasteiger charge is -2.33. The molecule has 46 heavy (non-hydrogen) atoms. The predicted molar refractivity (Wildman–Crippen MR) is 183 cm³/mol. The smallest absolute Gasteiger partial charge is 0.333 e. The fourth-order valence-corrected chi connectivity index (χ4v) is 8.09. The minimum atomic E-state index is -4.49. The van der Waals surface area contributed by atoms with Crippen molar-refractivity contribution in [2.24, 2.45) is 0 Å². The van der Waals surface area contributed by atoms with E-state index in [9.17, 15) is 13.2 Å². The van der Waals surface area contributed by atoms with Crippen LogP contribution in [0.25, 0.3) is 33.8 Å². The van der Waals surface area contributed by atoms with Crippen molar-refractivity contribution in [2.75, 3.05) is 4.90 Å². The molecule has 3 aliphatic rings. The number of allylic oxidation sites excluding steroid dienone is 3. The normalized spacial score (nSPS) is 18.5. The van der Waals surface area contributed by atoms with E-state index in [-0.39, 0.29) is 17.5 Å². The van der Waals surface area contributed by atoms with Crippen LogP contribution in [0.15, 0.2) is 103 Å². The molecule has 4 aromatic carbocycles. The fraction of sp³-hybridized carbons (Fsp3) is 0.220. The standard InChI is InChI=1S/C41H35F3N2/c1-24-19-20-29(32(21-24)41(42,43)44)28-22-37(45-33-15-7-5-13-30(33)39-25(2)11-9-17-35(39)45)27(4)38(23-28)46-34-16-8-6-14-31(34)40-26(3)12-10-18-36(40)46/h5,7-13,15-23,35,39H,6,14H2,1-4H3. The molecule has 5 heteroatoms. The molecule has 2 unspecified atom stereocenters. The maximum absolute atomic E-state index is 14.7. The molecule has 2 aliphatic carbocycles. The van der Waals surface area contributed by atoms with Crippen molar-refractivity contribution in [1.29, 1.82) is 0 Å². The largest absolute Gasteiger partial charge is 0.417 e. The van der Waals surface area contributed by atoms with Crippen LogP contribution in [0.4, 0.5) is 24.5 Å². The third-order valence-corrected chi connectivity index (χ3v) is 10.2. The zero-order valence-corrected chi connectivity index (χ0v) is 26.4.